The van der Waals surface area contributed by atoms with Crippen molar-refractivity contribution >= 4 is 34.9 Å². The van der Waals surface area contributed by atoms with Crippen molar-refractivity contribution < 1.29 is 19.0 Å². The van der Waals surface area contributed by atoms with Crippen LogP contribution in [0.3, 0.4) is 0 Å². The lowest BCUT2D eigenvalue weighted by atomic mass is 10.1. The van der Waals surface area contributed by atoms with Gasteiger partial charge in [-0.3, -0.25) is 4.90 Å². The summed E-state index contributed by atoms with van der Waals surface area (Å²) in [5, 5.41) is 3.73. The first-order valence-electron chi connectivity index (χ1n) is 9.47. The minimum absolute atomic E-state index is 0.152. The zero-order valence-electron chi connectivity index (χ0n) is 17.2. The maximum atomic E-state index is 12.5. The standard InChI is InChI=1S/C21H25Cl2N3O4/c1-28-18-10-14(11-19(29-2)20(18)30-3)13-25-6-8-26(9-7-25)21(27)24-15-4-5-16(22)17(23)12-15/h4-5,10-12H,6-9,13H2,1-3H3,(H,24,27). The number of ether oxygens (including phenoxy) is 3. The van der Waals surface area contributed by atoms with Crippen molar-refractivity contribution in [3.63, 3.8) is 0 Å². The van der Waals surface area contributed by atoms with Gasteiger partial charge in [0.25, 0.3) is 0 Å². The number of carbonyl (C=O) groups is 1. The molecule has 1 N–H and O–H groups in total. The SMILES string of the molecule is COc1cc(CN2CCN(C(=O)Nc3ccc(Cl)c(Cl)c3)CC2)cc(OC)c1OC. The summed E-state index contributed by atoms with van der Waals surface area (Å²) in [4.78, 5) is 16.6. The van der Waals surface area contributed by atoms with Crippen molar-refractivity contribution in [3.8, 4) is 17.2 Å². The van der Waals surface area contributed by atoms with E-state index in [1.807, 2.05) is 12.1 Å². The molecule has 2 amide bonds. The molecule has 1 aliphatic rings. The molecule has 3 rings (SSSR count). The molecule has 0 saturated carbocycles. The smallest absolute Gasteiger partial charge is 0.321 e. The summed E-state index contributed by atoms with van der Waals surface area (Å²) < 4.78 is 16.2. The first-order valence-corrected chi connectivity index (χ1v) is 10.2. The maximum Gasteiger partial charge on any atom is 0.321 e. The van der Waals surface area contributed by atoms with Gasteiger partial charge in [-0.1, -0.05) is 23.2 Å². The number of benzene rings is 2. The number of nitrogens with one attached hydrogen (secondary N) is 1. The molecule has 1 fully saturated rings. The Morgan fingerprint density at radius 2 is 1.57 bits per heavy atom. The Labute approximate surface area is 186 Å². The molecule has 1 heterocycles. The minimum Gasteiger partial charge on any atom is -0.493 e. The normalized spacial score (nSPS) is 14.4. The van der Waals surface area contributed by atoms with Crippen LogP contribution in [-0.4, -0.2) is 63.3 Å². The van der Waals surface area contributed by atoms with E-state index < -0.39 is 0 Å². The van der Waals surface area contributed by atoms with Gasteiger partial charge in [-0.25, -0.2) is 4.79 Å². The van der Waals surface area contributed by atoms with Crippen LogP contribution < -0.4 is 19.5 Å². The van der Waals surface area contributed by atoms with Gasteiger partial charge in [0.2, 0.25) is 5.75 Å². The Morgan fingerprint density at radius 3 is 2.10 bits per heavy atom. The number of anilines is 1. The van der Waals surface area contributed by atoms with Crippen molar-refractivity contribution in [2.45, 2.75) is 6.54 Å². The largest absolute Gasteiger partial charge is 0.493 e. The molecule has 7 nitrogen and oxygen atoms in total. The molecular weight excluding hydrogens is 429 g/mol. The van der Waals surface area contributed by atoms with Crippen LogP contribution in [0.15, 0.2) is 30.3 Å². The molecule has 0 bridgehead atoms. The van der Waals surface area contributed by atoms with Gasteiger partial charge in [-0.15, -0.1) is 0 Å². The van der Waals surface area contributed by atoms with Crippen LogP contribution in [0.25, 0.3) is 0 Å². The number of piperazine rings is 1. The van der Waals surface area contributed by atoms with Crippen molar-refractivity contribution in [1.29, 1.82) is 0 Å². The fourth-order valence-corrected chi connectivity index (χ4v) is 3.67. The molecule has 9 heteroatoms. The lowest BCUT2D eigenvalue weighted by Gasteiger charge is -2.34. The van der Waals surface area contributed by atoms with Crippen LogP contribution in [0.2, 0.25) is 10.0 Å². The van der Waals surface area contributed by atoms with E-state index in [4.69, 9.17) is 37.4 Å². The molecular formula is C21H25Cl2N3O4. The predicted octanol–water partition coefficient (Wildman–Crippen LogP) is 4.37. The highest BCUT2D eigenvalue weighted by molar-refractivity contribution is 6.42. The Morgan fingerprint density at radius 1 is 0.933 bits per heavy atom. The first-order chi connectivity index (χ1) is 14.4. The highest BCUT2D eigenvalue weighted by atomic mass is 35.5. The second kappa shape index (κ2) is 10.1. The van der Waals surface area contributed by atoms with E-state index in [0.717, 1.165) is 25.2 Å². The Bertz CT molecular complexity index is 877. The summed E-state index contributed by atoms with van der Waals surface area (Å²) in [6.07, 6.45) is 0. The van der Waals surface area contributed by atoms with E-state index in [1.54, 1.807) is 44.4 Å². The third-order valence-electron chi connectivity index (χ3n) is 4.96. The van der Waals surface area contributed by atoms with Crippen LogP contribution >= 0.6 is 23.2 Å². The van der Waals surface area contributed by atoms with Crippen LogP contribution in [-0.2, 0) is 6.54 Å². The lowest BCUT2D eigenvalue weighted by Crippen LogP contribution is -2.49. The molecule has 0 spiro atoms. The van der Waals surface area contributed by atoms with Gasteiger partial charge in [0, 0.05) is 38.4 Å². The van der Waals surface area contributed by atoms with E-state index in [1.165, 1.54) is 0 Å². The van der Waals surface area contributed by atoms with Gasteiger partial charge in [0.05, 0.1) is 31.4 Å². The van der Waals surface area contributed by atoms with Crippen LogP contribution in [0.5, 0.6) is 17.2 Å². The summed E-state index contributed by atoms with van der Waals surface area (Å²) in [7, 11) is 4.79. The fourth-order valence-electron chi connectivity index (χ4n) is 3.37. The molecule has 0 aromatic heterocycles. The monoisotopic (exact) mass is 453 g/mol. The number of nitrogens with zero attached hydrogens (tertiary/aromatic N) is 2. The molecule has 0 aliphatic carbocycles. The fraction of sp³-hybridized carbons (Fsp3) is 0.381. The van der Waals surface area contributed by atoms with Crippen molar-refractivity contribution in [3.05, 3.63) is 45.9 Å². The quantitative estimate of drug-likeness (QED) is 0.703. The molecule has 0 radical (unpaired) electrons. The third kappa shape index (κ3) is 5.22. The topological polar surface area (TPSA) is 63.3 Å². The van der Waals surface area contributed by atoms with Gasteiger partial charge >= 0.3 is 6.03 Å². The summed E-state index contributed by atoms with van der Waals surface area (Å²) in [5.74, 6) is 1.84. The van der Waals surface area contributed by atoms with E-state index in [0.29, 0.717) is 46.1 Å². The zero-order chi connectivity index (χ0) is 21.7. The number of amides is 2. The van der Waals surface area contributed by atoms with Crippen LogP contribution in [0, 0.1) is 0 Å². The molecule has 162 valence electrons. The Kier molecular flexibility index (Phi) is 7.53. The maximum absolute atomic E-state index is 12.5. The average Bonchev–Trinajstić information content (AvgIpc) is 2.76. The number of methoxy groups -OCH3 is 3. The third-order valence-corrected chi connectivity index (χ3v) is 5.70. The molecule has 2 aromatic carbocycles. The first kappa shape index (κ1) is 22.3. The average molecular weight is 454 g/mol. The number of halogens is 2. The van der Waals surface area contributed by atoms with Gasteiger partial charge in [0.1, 0.15) is 0 Å². The van der Waals surface area contributed by atoms with Crippen molar-refractivity contribution in [2.24, 2.45) is 0 Å². The number of carbonyl (C=O) groups excluding carboxylic acids is 1. The van der Waals surface area contributed by atoms with E-state index >= 15 is 0 Å². The van der Waals surface area contributed by atoms with Gasteiger partial charge in [-0.2, -0.15) is 0 Å². The second-order valence-corrected chi connectivity index (χ2v) is 7.67. The lowest BCUT2D eigenvalue weighted by molar-refractivity contribution is 0.143. The molecule has 1 aliphatic heterocycles. The molecule has 0 atom stereocenters. The number of hydrogen-bond acceptors (Lipinski definition) is 5. The Balaban J connectivity index is 1.58. The van der Waals surface area contributed by atoms with E-state index in [-0.39, 0.29) is 6.03 Å². The highest BCUT2D eigenvalue weighted by Gasteiger charge is 2.22. The summed E-state index contributed by atoms with van der Waals surface area (Å²) in [5.41, 5.74) is 1.67. The van der Waals surface area contributed by atoms with E-state index in [9.17, 15) is 4.79 Å². The molecule has 2 aromatic rings. The van der Waals surface area contributed by atoms with Crippen molar-refractivity contribution in [2.75, 3.05) is 52.8 Å². The van der Waals surface area contributed by atoms with Crippen molar-refractivity contribution in [1.82, 2.24) is 9.80 Å². The van der Waals surface area contributed by atoms with Gasteiger partial charge in [-0.05, 0) is 35.9 Å². The van der Waals surface area contributed by atoms with E-state index in [2.05, 4.69) is 10.2 Å². The highest BCUT2D eigenvalue weighted by Crippen LogP contribution is 2.38. The molecule has 0 unspecified atom stereocenters. The van der Waals surface area contributed by atoms with Gasteiger partial charge in [0.15, 0.2) is 11.5 Å². The number of urea groups is 1. The Hall–Kier alpha value is -2.35. The second-order valence-electron chi connectivity index (χ2n) is 6.86. The number of rotatable bonds is 6. The number of hydrogen-bond donors (Lipinski definition) is 1. The zero-order valence-corrected chi connectivity index (χ0v) is 18.7. The molecule has 1 saturated heterocycles. The predicted molar refractivity (Wildman–Crippen MR) is 118 cm³/mol. The van der Waals surface area contributed by atoms with Crippen LogP contribution in [0.4, 0.5) is 10.5 Å². The van der Waals surface area contributed by atoms with Gasteiger partial charge < -0.3 is 24.4 Å². The van der Waals surface area contributed by atoms with Crippen LogP contribution in [0.1, 0.15) is 5.56 Å². The summed E-state index contributed by atoms with van der Waals surface area (Å²) in [6.45, 7) is 3.48. The summed E-state index contributed by atoms with van der Waals surface area (Å²) in [6, 6.07) is 8.78. The minimum atomic E-state index is -0.152. The summed E-state index contributed by atoms with van der Waals surface area (Å²) >= 11 is 11.9. The molecule has 30 heavy (non-hydrogen) atoms.